The molecule has 1 aromatic rings. The number of hydrogen-bond acceptors (Lipinski definition) is 4. The van der Waals surface area contributed by atoms with Crippen molar-refractivity contribution in [3.05, 3.63) is 35.1 Å². The van der Waals surface area contributed by atoms with Gasteiger partial charge in [0.2, 0.25) is 0 Å². The maximum absolute atomic E-state index is 13.6. The van der Waals surface area contributed by atoms with Crippen molar-refractivity contribution in [2.45, 2.75) is 64.5 Å². The molecule has 0 saturated heterocycles. The number of nitrogens with one attached hydrogen (secondary N) is 1. The first-order valence-electron chi connectivity index (χ1n) is 9.06. The number of benzene rings is 1. The highest BCUT2D eigenvalue weighted by Crippen LogP contribution is 2.30. The molecule has 6 heteroatoms. The zero-order valence-electron chi connectivity index (χ0n) is 15.9. The topological polar surface area (TPSA) is 64.6 Å². The van der Waals surface area contributed by atoms with Crippen LogP contribution in [0.4, 0.5) is 9.18 Å². The molecule has 1 aromatic carbocycles. The van der Waals surface area contributed by atoms with E-state index in [1.807, 2.05) is 20.8 Å². The summed E-state index contributed by atoms with van der Waals surface area (Å²) in [6, 6.07) is 4.15. The molecule has 1 amide bonds. The first-order valence-corrected chi connectivity index (χ1v) is 9.06. The number of methoxy groups -OCH3 is 1. The number of carbonyl (C=O) groups is 2. The Morgan fingerprint density at radius 1 is 1.27 bits per heavy atom. The summed E-state index contributed by atoms with van der Waals surface area (Å²) in [5.74, 6) is -0.561. The van der Waals surface area contributed by atoms with Crippen molar-refractivity contribution in [1.29, 1.82) is 0 Å². The van der Waals surface area contributed by atoms with E-state index in [1.165, 1.54) is 25.3 Å². The number of esters is 1. The molecule has 1 aliphatic carbocycles. The molecule has 1 fully saturated rings. The van der Waals surface area contributed by atoms with Crippen molar-refractivity contribution in [2.75, 3.05) is 7.11 Å². The number of hydrogen-bond donors (Lipinski definition) is 1. The van der Waals surface area contributed by atoms with Gasteiger partial charge in [-0.25, -0.2) is 14.0 Å². The Bertz CT molecular complexity index is 654. The number of amides is 1. The zero-order valence-corrected chi connectivity index (χ0v) is 15.9. The zero-order chi connectivity index (χ0) is 19.3. The molecule has 2 atom stereocenters. The van der Waals surface area contributed by atoms with Gasteiger partial charge in [-0.3, -0.25) is 0 Å². The minimum atomic E-state index is -0.533. The molecule has 0 aliphatic heterocycles. The molecule has 26 heavy (non-hydrogen) atoms. The molecule has 1 aliphatic rings. The van der Waals surface area contributed by atoms with Crippen molar-refractivity contribution < 1.29 is 23.5 Å². The Kier molecular flexibility index (Phi) is 6.62. The summed E-state index contributed by atoms with van der Waals surface area (Å²) in [6.45, 7) is 5.49. The van der Waals surface area contributed by atoms with E-state index >= 15 is 0 Å². The van der Waals surface area contributed by atoms with Gasteiger partial charge in [0, 0.05) is 6.04 Å². The van der Waals surface area contributed by atoms with Crippen LogP contribution in [-0.2, 0) is 15.9 Å². The Balaban J connectivity index is 1.99. The number of aryl methyl sites for hydroxylation is 1. The number of ether oxygens (including phenoxy) is 2. The van der Waals surface area contributed by atoms with Crippen molar-refractivity contribution in [1.82, 2.24) is 5.32 Å². The quantitative estimate of drug-likeness (QED) is 0.793. The average Bonchev–Trinajstić information content (AvgIpc) is 2.97. The summed E-state index contributed by atoms with van der Waals surface area (Å²) in [5, 5.41) is 2.95. The van der Waals surface area contributed by atoms with Gasteiger partial charge in [-0.05, 0) is 76.1 Å². The monoisotopic (exact) mass is 365 g/mol. The maximum atomic E-state index is 13.6. The Labute approximate surface area is 154 Å². The smallest absolute Gasteiger partial charge is 0.407 e. The van der Waals surface area contributed by atoms with Crippen LogP contribution in [-0.4, -0.2) is 30.8 Å². The second-order valence-corrected chi connectivity index (χ2v) is 7.78. The molecule has 0 radical (unpaired) electrons. The Morgan fingerprint density at radius 3 is 2.65 bits per heavy atom. The van der Waals surface area contributed by atoms with Gasteiger partial charge in [-0.15, -0.1) is 0 Å². The van der Waals surface area contributed by atoms with Crippen LogP contribution in [0.1, 0.15) is 62.4 Å². The fourth-order valence-electron chi connectivity index (χ4n) is 3.45. The van der Waals surface area contributed by atoms with Gasteiger partial charge in [0.1, 0.15) is 11.4 Å². The van der Waals surface area contributed by atoms with E-state index in [2.05, 4.69) is 5.32 Å². The van der Waals surface area contributed by atoms with Crippen LogP contribution in [0.5, 0.6) is 0 Å². The van der Waals surface area contributed by atoms with Crippen molar-refractivity contribution in [3.8, 4) is 0 Å². The van der Waals surface area contributed by atoms with Crippen molar-refractivity contribution in [2.24, 2.45) is 5.92 Å². The van der Waals surface area contributed by atoms with E-state index in [0.717, 1.165) is 25.7 Å². The van der Waals surface area contributed by atoms with E-state index in [1.54, 1.807) is 0 Å². The van der Waals surface area contributed by atoms with Crippen LogP contribution in [0, 0.1) is 11.7 Å². The van der Waals surface area contributed by atoms with E-state index in [0.29, 0.717) is 17.5 Å². The molecule has 144 valence electrons. The van der Waals surface area contributed by atoms with Crippen LogP contribution in [0.3, 0.4) is 0 Å². The summed E-state index contributed by atoms with van der Waals surface area (Å²) in [4.78, 5) is 23.9. The third kappa shape index (κ3) is 5.71. The normalized spacial score (nSPS) is 19.9. The molecule has 0 spiro atoms. The van der Waals surface area contributed by atoms with Crippen molar-refractivity contribution in [3.63, 3.8) is 0 Å². The number of halogens is 1. The highest BCUT2D eigenvalue weighted by molar-refractivity contribution is 5.91. The summed E-state index contributed by atoms with van der Waals surface area (Å²) in [6.07, 6.45) is 3.82. The van der Waals surface area contributed by atoms with Gasteiger partial charge in [-0.1, -0.05) is 6.42 Å². The average molecular weight is 365 g/mol. The fourth-order valence-corrected chi connectivity index (χ4v) is 3.45. The van der Waals surface area contributed by atoms with Crippen LogP contribution >= 0.6 is 0 Å². The molecular weight excluding hydrogens is 337 g/mol. The summed E-state index contributed by atoms with van der Waals surface area (Å²) in [7, 11) is 1.31. The Morgan fingerprint density at radius 2 is 2.00 bits per heavy atom. The molecule has 0 unspecified atom stereocenters. The van der Waals surface area contributed by atoms with E-state index in [9.17, 15) is 14.0 Å². The molecular formula is C20H28FNO4. The van der Waals surface area contributed by atoms with Crippen LogP contribution in [0.15, 0.2) is 18.2 Å². The lowest BCUT2D eigenvalue weighted by atomic mass is 9.93. The minimum Gasteiger partial charge on any atom is -0.465 e. The van der Waals surface area contributed by atoms with Gasteiger partial charge in [0.15, 0.2) is 0 Å². The highest BCUT2D eigenvalue weighted by atomic mass is 19.1. The molecule has 1 saturated carbocycles. The van der Waals surface area contributed by atoms with Gasteiger partial charge in [-0.2, -0.15) is 0 Å². The Hall–Kier alpha value is -2.11. The summed E-state index contributed by atoms with van der Waals surface area (Å²) in [5.41, 5.74) is 0.498. The summed E-state index contributed by atoms with van der Waals surface area (Å²) < 4.78 is 23.7. The number of alkyl carbamates (subject to hydrolysis) is 1. The lowest BCUT2D eigenvalue weighted by Crippen LogP contribution is -2.41. The fraction of sp³-hybridized carbons (Fsp3) is 0.600. The van der Waals surface area contributed by atoms with Crippen LogP contribution < -0.4 is 5.32 Å². The predicted molar refractivity (Wildman–Crippen MR) is 96.6 cm³/mol. The molecule has 0 aromatic heterocycles. The van der Waals surface area contributed by atoms with Gasteiger partial charge in [0.25, 0.3) is 0 Å². The van der Waals surface area contributed by atoms with Gasteiger partial charge >= 0.3 is 12.1 Å². The summed E-state index contributed by atoms with van der Waals surface area (Å²) >= 11 is 0. The third-order valence-electron chi connectivity index (χ3n) is 4.62. The second kappa shape index (κ2) is 8.52. The maximum Gasteiger partial charge on any atom is 0.407 e. The first-order chi connectivity index (χ1) is 12.2. The highest BCUT2D eigenvalue weighted by Gasteiger charge is 2.30. The van der Waals surface area contributed by atoms with E-state index in [-0.39, 0.29) is 17.8 Å². The van der Waals surface area contributed by atoms with Crippen LogP contribution in [0.25, 0.3) is 0 Å². The standard InChI is InChI=1S/C20H28FNO4/c1-20(2,3)26-19(24)22-17-7-5-6-13(17)8-9-14-12-15(21)10-11-16(14)18(23)25-4/h10-13,17H,5-9H2,1-4H3,(H,22,24)/t13-,17-/m0/s1. The van der Waals surface area contributed by atoms with E-state index < -0.39 is 17.7 Å². The van der Waals surface area contributed by atoms with Gasteiger partial charge in [0.05, 0.1) is 12.7 Å². The lowest BCUT2D eigenvalue weighted by molar-refractivity contribution is 0.0491. The predicted octanol–water partition coefficient (Wildman–Crippen LogP) is 4.24. The molecule has 1 N–H and O–H groups in total. The van der Waals surface area contributed by atoms with Crippen molar-refractivity contribution >= 4 is 12.1 Å². The lowest BCUT2D eigenvalue weighted by Gasteiger charge is -2.25. The number of rotatable bonds is 5. The third-order valence-corrected chi connectivity index (χ3v) is 4.62. The molecule has 0 heterocycles. The largest absolute Gasteiger partial charge is 0.465 e. The molecule has 5 nitrogen and oxygen atoms in total. The molecule has 0 bridgehead atoms. The van der Waals surface area contributed by atoms with E-state index in [4.69, 9.17) is 9.47 Å². The molecule has 2 rings (SSSR count). The van der Waals surface area contributed by atoms with Crippen LogP contribution in [0.2, 0.25) is 0 Å². The number of carbonyl (C=O) groups excluding carboxylic acids is 2. The minimum absolute atomic E-state index is 0.0417. The first kappa shape index (κ1) is 20.2. The SMILES string of the molecule is COC(=O)c1ccc(F)cc1CC[C@@H]1CCC[C@@H]1NC(=O)OC(C)(C)C. The van der Waals surface area contributed by atoms with Gasteiger partial charge < -0.3 is 14.8 Å². The second-order valence-electron chi connectivity index (χ2n) is 7.78.